The number of hydrogen-bond acceptors (Lipinski definition) is 4. The Morgan fingerprint density at radius 1 is 1.32 bits per heavy atom. The summed E-state index contributed by atoms with van der Waals surface area (Å²) in [7, 11) is 0. The third-order valence-electron chi connectivity index (χ3n) is 3.27. The van der Waals surface area contributed by atoms with Gasteiger partial charge in [-0.2, -0.15) is 0 Å². The Bertz CT molecular complexity index is 244. The van der Waals surface area contributed by atoms with E-state index in [2.05, 4.69) is 11.4 Å². The van der Waals surface area contributed by atoms with Crippen molar-refractivity contribution in [3.05, 3.63) is 11.6 Å². The molecule has 0 saturated carbocycles. The summed E-state index contributed by atoms with van der Waals surface area (Å²) in [4.78, 5) is 0. The molecule has 0 saturated heterocycles. The summed E-state index contributed by atoms with van der Waals surface area (Å²) >= 11 is 0. The van der Waals surface area contributed by atoms with Crippen molar-refractivity contribution in [3.8, 4) is 0 Å². The lowest BCUT2D eigenvalue weighted by Gasteiger charge is -2.15. The molecule has 0 spiro atoms. The highest BCUT2D eigenvalue weighted by Crippen LogP contribution is 2.19. The molecular weight excluding hydrogens is 242 g/mol. The number of aliphatic hydroxyl groups excluding tert-OH is 1. The number of aliphatic hydroxyl groups is 1. The minimum Gasteiger partial charge on any atom is -0.389 e. The monoisotopic (exact) mass is 271 g/mol. The SMILES string of the molecule is CCOCCOC[C@H](O)CNCCC1=CCCCC1. The summed E-state index contributed by atoms with van der Waals surface area (Å²) in [5, 5.41) is 13.0. The second-order valence-electron chi connectivity index (χ2n) is 4.99. The summed E-state index contributed by atoms with van der Waals surface area (Å²) in [5.41, 5.74) is 1.57. The van der Waals surface area contributed by atoms with Crippen LogP contribution in [0, 0.1) is 0 Å². The second-order valence-corrected chi connectivity index (χ2v) is 4.99. The van der Waals surface area contributed by atoms with Crippen molar-refractivity contribution < 1.29 is 14.6 Å². The zero-order chi connectivity index (χ0) is 13.8. The van der Waals surface area contributed by atoms with Crippen molar-refractivity contribution >= 4 is 0 Å². The summed E-state index contributed by atoms with van der Waals surface area (Å²) < 4.78 is 10.5. The van der Waals surface area contributed by atoms with Gasteiger partial charge in [0, 0.05) is 13.2 Å². The van der Waals surface area contributed by atoms with Gasteiger partial charge in [0.2, 0.25) is 0 Å². The van der Waals surface area contributed by atoms with E-state index in [1.807, 2.05) is 6.92 Å². The highest BCUT2D eigenvalue weighted by Gasteiger charge is 2.05. The first kappa shape index (κ1) is 16.6. The van der Waals surface area contributed by atoms with E-state index in [0.29, 0.717) is 33.0 Å². The zero-order valence-corrected chi connectivity index (χ0v) is 12.2. The predicted molar refractivity (Wildman–Crippen MR) is 77.4 cm³/mol. The lowest BCUT2D eigenvalue weighted by atomic mass is 9.97. The first-order chi connectivity index (χ1) is 9.33. The molecule has 0 amide bonds. The third-order valence-corrected chi connectivity index (χ3v) is 3.27. The Kier molecular flexibility index (Phi) is 9.99. The van der Waals surface area contributed by atoms with Crippen molar-refractivity contribution in [1.29, 1.82) is 0 Å². The zero-order valence-electron chi connectivity index (χ0n) is 12.2. The van der Waals surface area contributed by atoms with Gasteiger partial charge in [0.05, 0.1) is 25.9 Å². The minimum absolute atomic E-state index is 0.378. The van der Waals surface area contributed by atoms with Crippen molar-refractivity contribution in [1.82, 2.24) is 5.32 Å². The highest BCUT2D eigenvalue weighted by atomic mass is 16.5. The molecule has 0 heterocycles. The van der Waals surface area contributed by atoms with Gasteiger partial charge in [-0.25, -0.2) is 0 Å². The average Bonchev–Trinajstić information content (AvgIpc) is 2.44. The van der Waals surface area contributed by atoms with E-state index >= 15 is 0 Å². The van der Waals surface area contributed by atoms with Crippen LogP contribution in [0.5, 0.6) is 0 Å². The fourth-order valence-corrected chi connectivity index (χ4v) is 2.19. The Balaban J connectivity index is 1.89. The molecule has 4 heteroatoms. The second kappa shape index (κ2) is 11.4. The standard InChI is InChI=1S/C15H29NO3/c1-2-18-10-11-19-13-15(17)12-16-9-8-14-6-4-3-5-7-14/h6,15-17H,2-5,7-13H2,1H3/t15-/m1/s1. The lowest BCUT2D eigenvalue weighted by molar-refractivity contribution is 0.00659. The van der Waals surface area contributed by atoms with Gasteiger partial charge in [-0.1, -0.05) is 11.6 Å². The van der Waals surface area contributed by atoms with E-state index in [-0.39, 0.29) is 0 Å². The number of nitrogens with one attached hydrogen (secondary N) is 1. The maximum absolute atomic E-state index is 9.70. The van der Waals surface area contributed by atoms with Crippen LogP contribution in [0.2, 0.25) is 0 Å². The Labute approximate surface area is 117 Å². The van der Waals surface area contributed by atoms with Crippen LogP contribution in [0.25, 0.3) is 0 Å². The largest absolute Gasteiger partial charge is 0.389 e. The molecule has 112 valence electrons. The third kappa shape index (κ3) is 9.16. The first-order valence-electron chi connectivity index (χ1n) is 7.55. The first-order valence-corrected chi connectivity index (χ1v) is 7.55. The molecule has 0 fully saturated rings. The van der Waals surface area contributed by atoms with Gasteiger partial charge in [0.1, 0.15) is 0 Å². The minimum atomic E-state index is -0.429. The van der Waals surface area contributed by atoms with Gasteiger partial charge in [0.15, 0.2) is 0 Å². The Hall–Kier alpha value is -0.420. The molecule has 0 aliphatic heterocycles. The van der Waals surface area contributed by atoms with Gasteiger partial charge in [-0.05, 0) is 45.6 Å². The van der Waals surface area contributed by atoms with Crippen molar-refractivity contribution in [3.63, 3.8) is 0 Å². The van der Waals surface area contributed by atoms with Crippen LogP contribution in [0.1, 0.15) is 39.0 Å². The van der Waals surface area contributed by atoms with E-state index < -0.39 is 6.10 Å². The van der Waals surface area contributed by atoms with Crippen LogP contribution in [0.4, 0.5) is 0 Å². The number of rotatable bonds is 11. The molecule has 0 unspecified atom stereocenters. The molecule has 0 aromatic rings. The van der Waals surface area contributed by atoms with Gasteiger partial charge < -0.3 is 19.9 Å². The molecule has 19 heavy (non-hydrogen) atoms. The summed E-state index contributed by atoms with van der Waals surface area (Å²) in [6, 6.07) is 0. The van der Waals surface area contributed by atoms with Crippen molar-refractivity contribution in [2.75, 3.05) is 39.5 Å². The topological polar surface area (TPSA) is 50.7 Å². The van der Waals surface area contributed by atoms with Crippen LogP contribution in [-0.2, 0) is 9.47 Å². The van der Waals surface area contributed by atoms with Gasteiger partial charge >= 0.3 is 0 Å². The number of allylic oxidation sites excluding steroid dienone is 1. The molecular formula is C15H29NO3. The van der Waals surface area contributed by atoms with Gasteiger partial charge in [-0.3, -0.25) is 0 Å². The Morgan fingerprint density at radius 3 is 2.89 bits per heavy atom. The van der Waals surface area contributed by atoms with Crippen LogP contribution in [0.3, 0.4) is 0 Å². The van der Waals surface area contributed by atoms with Crippen LogP contribution in [-0.4, -0.2) is 50.7 Å². The van der Waals surface area contributed by atoms with E-state index in [0.717, 1.165) is 13.0 Å². The number of hydrogen-bond donors (Lipinski definition) is 2. The van der Waals surface area contributed by atoms with Crippen LogP contribution >= 0.6 is 0 Å². The molecule has 0 aromatic carbocycles. The quantitative estimate of drug-likeness (QED) is 0.445. The van der Waals surface area contributed by atoms with Crippen molar-refractivity contribution in [2.24, 2.45) is 0 Å². The summed E-state index contributed by atoms with van der Waals surface area (Å²) in [6.45, 7) is 5.75. The predicted octanol–water partition coefficient (Wildman–Crippen LogP) is 1.88. The molecule has 0 radical (unpaired) electrons. The molecule has 1 aliphatic carbocycles. The van der Waals surface area contributed by atoms with E-state index in [4.69, 9.17) is 9.47 Å². The van der Waals surface area contributed by atoms with Gasteiger partial charge in [-0.15, -0.1) is 0 Å². The van der Waals surface area contributed by atoms with Gasteiger partial charge in [0.25, 0.3) is 0 Å². The average molecular weight is 271 g/mol. The molecule has 0 bridgehead atoms. The normalized spacial score (nSPS) is 17.3. The van der Waals surface area contributed by atoms with E-state index in [1.165, 1.54) is 25.7 Å². The summed E-state index contributed by atoms with van der Waals surface area (Å²) in [5.74, 6) is 0. The molecule has 4 nitrogen and oxygen atoms in total. The summed E-state index contributed by atoms with van der Waals surface area (Å²) in [6.07, 6.45) is 8.23. The van der Waals surface area contributed by atoms with E-state index in [1.54, 1.807) is 5.57 Å². The highest BCUT2D eigenvalue weighted by molar-refractivity contribution is 5.05. The van der Waals surface area contributed by atoms with Crippen LogP contribution in [0.15, 0.2) is 11.6 Å². The molecule has 0 aromatic heterocycles. The molecule has 2 N–H and O–H groups in total. The molecule has 1 atom stereocenters. The van der Waals surface area contributed by atoms with E-state index in [9.17, 15) is 5.11 Å². The van der Waals surface area contributed by atoms with Crippen molar-refractivity contribution in [2.45, 2.75) is 45.1 Å². The lowest BCUT2D eigenvalue weighted by Crippen LogP contribution is -2.31. The molecule has 1 aliphatic rings. The smallest absolute Gasteiger partial charge is 0.0897 e. The van der Waals surface area contributed by atoms with Crippen LogP contribution < -0.4 is 5.32 Å². The molecule has 1 rings (SSSR count). The fraction of sp³-hybridized carbons (Fsp3) is 0.867. The fourth-order valence-electron chi connectivity index (χ4n) is 2.19. The number of ether oxygens (including phenoxy) is 2. The maximum Gasteiger partial charge on any atom is 0.0897 e. The Morgan fingerprint density at radius 2 is 2.16 bits per heavy atom. The maximum atomic E-state index is 9.70.